The first-order valence-corrected chi connectivity index (χ1v) is 11.8. The molecule has 0 aromatic carbocycles. The zero-order valence-corrected chi connectivity index (χ0v) is 18.2. The molecule has 0 spiro atoms. The van der Waals surface area contributed by atoms with Gasteiger partial charge in [-0.2, -0.15) is 0 Å². The second-order valence-electron chi connectivity index (χ2n) is 8.12. The van der Waals surface area contributed by atoms with E-state index in [0.29, 0.717) is 19.4 Å². The minimum Gasteiger partial charge on any atom is -0.464 e. The summed E-state index contributed by atoms with van der Waals surface area (Å²) in [5.74, 6) is -0.310. The Morgan fingerprint density at radius 2 is 1.43 bits per heavy atom. The number of amides is 1. The monoisotopic (exact) mass is 393 g/mol. The fourth-order valence-electron chi connectivity index (χ4n) is 3.58. The lowest BCUT2D eigenvalue weighted by Gasteiger charge is -2.09. The minimum absolute atomic E-state index is 0.0445. The van der Waals surface area contributed by atoms with Gasteiger partial charge in [0.05, 0.1) is 6.61 Å². The number of esters is 1. The van der Waals surface area contributed by atoms with Crippen molar-refractivity contribution in [2.24, 2.45) is 0 Å². The molecule has 0 unspecified atom stereocenters. The van der Waals surface area contributed by atoms with Gasteiger partial charge in [-0.1, -0.05) is 89.7 Å². The van der Waals surface area contributed by atoms with Crippen molar-refractivity contribution in [1.82, 2.24) is 5.32 Å². The van der Waals surface area contributed by atoms with E-state index < -0.39 is 6.04 Å². The van der Waals surface area contributed by atoms with Crippen LogP contribution >= 0.6 is 0 Å². The van der Waals surface area contributed by atoms with Crippen LogP contribution in [0.5, 0.6) is 0 Å². The van der Waals surface area contributed by atoms with Crippen LogP contribution in [-0.2, 0) is 14.3 Å². The topological polar surface area (TPSA) is 55.4 Å². The summed E-state index contributed by atoms with van der Waals surface area (Å²) in [7, 11) is 0. The van der Waals surface area contributed by atoms with E-state index in [9.17, 15) is 9.59 Å². The van der Waals surface area contributed by atoms with E-state index in [1.807, 2.05) is 0 Å². The molecule has 162 valence electrons. The third-order valence-electron chi connectivity index (χ3n) is 5.43. The van der Waals surface area contributed by atoms with Gasteiger partial charge in [0, 0.05) is 6.42 Å². The van der Waals surface area contributed by atoms with Gasteiger partial charge in [-0.25, -0.2) is 4.79 Å². The van der Waals surface area contributed by atoms with E-state index in [4.69, 9.17) is 4.74 Å². The maximum atomic E-state index is 11.7. The van der Waals surface area contributed by atoms with Crippen LogP contribution in [0.2, 0.25) is 0 Å². The summed E-state index contributed by atoms with van der Waals surface area (Å²) >= 11 is 0. The van der Waals surface area contributed by atoms with Crippen LogP contribution in [0.1, 0.15) is 116 Å². The van der Waals surface area contributed by atoms with Crippen molar-refractivity contribution in [3.63, 3.8) is 0 Å². The summed E-state index contributed by atoms with van der Waals surface area (Å²) in [5.41, 5.74) is 0. The minimum atomic E-state index is -0.408. The normalized spacial score (nSPS) is 16.6. The second-order valence-corrected chi connectivity index (χ2v) is 8.12. The first-order chi connectivity index (χ1) is 13.7. The van der Waals surface area contributed by atoms with E-state index in [1.165, 1.54) is 83.5 Å². The van der Waals surface area contributed by atoms with Gasteiger partial charge >= 0.3 is 5.97 Å². The standard InChI is InChI=1S/C24H43NO3/c1-2-3-4-5-6-7-8-9-10-11-12-13-14-15-16-17-18-21-28-24(27)22-19-20-23(26)25-22/h5-6,22H,2-4,7-21H2,1H3,(H,25,26)/b6-5+/t22-/m0/s1. The zero-order chi connectivity index (χ0) is 20.3. The Balaban J connectivity index is 1.73. The zero-order valence-electron chi connectivity index (χ0n) is 18.2. The fourth-order valence-corrected chi connectivity index (χ4v) is 3.58. The maximum absolute atomic E-state index is 11.7. The van der Waals surface area contributed by atoms with Crippen LogP contribution in [0.3, 0.4) is 0 Å². The van der Waals surface area contributed by atoms with Crippen molar-refractivity contribution in [2.45, 2.75) is 122 Å². The number of unbranched alkanes of at least 4 members (excludes halogenated alkanes) is 13. The first kappa shape index (κ1) is 24.7. The molecule has 0 aromatic rings. The first-order valence-electron chi connectivity index (χ1n) is 11.8. The third kappa shape index (κ3) is 13.8. The van der Waals surface area contributed by atoms with Crippen molar-refractivity contribution < 1.29 is 14.3 Å². The fraction of sp³-hybridized carbons (Fsp3) is 0.833. The number of rotatable bonds is 18. The van der Waals surface area contributed by atoms with Gasteiger partial charge in [0.15, 0.2) is 0 Å². The quantitative estimate of drug-likeness (QED) is 0.170. The largest absolute Gasteiger partial charge is 0.464 e. The van der Waals surface area contributed by atoms with Crippen LogP contribution in [-0.4, -0.2) is 24.5 Å². The third-order valence-corrected chi connectivity index (χ3v) is 5.43. The molecule has 1 aliphatic rings. The van der Waals surface area contributed by atoms with E-state index in [2.05, 4.69) is 24.4 Å². The molecule has 1 heterocycles. The molecule has 1 saturated heterocycles. The number of carbonyl (C=O) groups excluding carboxylic acids is 2. The van der Waals surface area contributed by atoms with Crippen LogP contribution in [0.25, 0.3) is 0 Å². The molecule has 0 radical (unpaired) electrons. The predicted molar refractivity (Wildman–Crippen MR) is 116 cm³/mol. The summed E-state index contributed by atoms with van der Waals surface area (Å²) in [5, 5.41) is 2.65. The Bertz CT molecular complexity index is 434. The highest BCUT2D eigenvalue weighted by molar-refractivity contribution is 5.87. The van der Waals surface area contributed by atoms with Gasteiger partial charge in [0.2, 0.25) is 5.91 Å². The molecule has 28 heavy (non-hydrogen) atoms. The second kappa shape index (κ2) is 17.8. The van der Waals surface area contributed by atoms with Gasteiger partial charge < -0.3 is 10.1 Å². The lowest BCUT2D eigenvalue weighted by atomic mass is 10.1. The Morgan fingerprint density at radius 3 is 1.96 bits per heavy atom. The Hall–Kier alpha value is -1.32. The molecule has 0 aromatic heterocycles. The highest BCUT2D eigenvalue weighted by Crippen LogP contribution is 2.13. The number of hydrogen-bond donors (Lipinski definition) is 1. The van der Waals surface area contributed by atoms with Gasteiger partial charge in [0.25, 0.3) is 0 Å². The number of ether oxygens (including phenoxy) is 1. The molecular formula is C24H43NO3. The molecule has 1 fully saturated rings. The van der Waals surface area contributed by atoms with Crippen molar-refractivity contribution in [3.8, 4) is 0 Å². The van der Waals surface area contributed by atoms with Crippen LogP contribution in [0.4, 0.5) is 0 Å². The van der Waals surface area contributed by atoms with Crippen LogP contribution < -0.4 is 5.32 Å². The molecule has 4 heteroatoms. The molecule has 1 N–H and O–H groups in total. The molecule has 1 aliphatic heterocycles. The summed E-state index contributed by atoms with van der Waals surface area (Å²) in [4.78, 5) is 22.8. The average Bonchev–Trinajstić information content (AvgIpc) is 3.13. The molecule has 1 atom stereocenters. The highest BCUT2D eigenvalue weighted by Gasteiger charge is 2.28. The van der Waals surface area contributed by atoms with Gasteiger partial charge in [-0.3, -0.25) is 4.79 Å². The molecule has 1 amide bonds. The van der Waals surface area contributed by atoms with E-state index in [0.717, 1.165) is 12.8 Å². The van der Waals surface area contributed by atoms with Gasteiger partial charge in [-0.05, 0) is 32.1 Å². The van der Waals surface area contributed by atoms with Crippen molar-refractivity contribution in [2.75, 3.05) is 6.61 Å². The predicted octanol–water partition coefficient (Wildman–Crippen LogP) is 6.24. The van der Waals surface area contributed by atoms with Gasteiger partial charge in [0.1, 0.15) is 6.04 Å². The molecular weight excluding hydrogens is 350 g/mol. The van der Waals surface area contributed by atoms with Crippen LogP contribution in [0.15, 0.2) is 12.2 Å². The lowest BCUT2D eigenvalue weighted by molar-refractivity contribution is -0.146. The lowest BCUT2D eigenvalue weighted by Crippen LogP contribution is -2.34. The summed E-state index contributed by atoms with van der Waals surface area (Å²) < 4.78 is 5.24. The van der Waals surface area contributed by atoms with E-state index >= 15 is 0 Å². The molecule has 4 nitrogen and oxygen atoms in total. The SMILES string of the molecule is CCCC/C=C/CCCCCCCCCCCCCOC(=O)[C@@H]1CCC(=O)N1. The summed E-state index contributed by atoms with van der Waals surface area (Å²) in [6.45, 7) is 2.73. The summed E-state index contributed by atoms with van der Waals surface area (Å²) in [6.07, 6.45) is 25.0. The summed E-state index contributed by atoms with van der Waals surface area (Å²) in [6, 6.07) is -0.408. The van der Waals surface area contributed by atoms with Crippen LogP contribution in [0, 0.1) is 0 Å². The Morgan fingerprint density at radius 1 is 0.893 bits per heavy atom. The Kier molecular flexibility index (Phi) is 15.7. The van der Waals surface area contributed by atoms with Crippen molar-refractivity contribution in [1.29, 1.82) is 0 Å². The number of hydrogen-bond acceptors (Lipinski definition) is 3. The van der Waals surface area contributed by atoms with Crippen molar-refractivity contribution in [3.05, 3.63) is 12.2 Å². The average molecular weight is 394 g/mol. The molecule has 1 rings (SSSR count). The highest BCUT2D eigenvalue weighted by atomic mass is 16.5. The number of nitrogens with one attached hydrogen (secondary N) is 1. The number of carbonyl (C=O) groups is 2. The smallest absolute Gasteiger partial charge is 0.328 e. The van der Waals surface area contributed by atoms with Gasteiger partial charge in [-0.15, -0.1) is 0 Å². The molecule has 0 aliphatic carbocycles. The Labute approximate surface area is 172 Å². The maximum Gasteiger partial charge on any atom is 0.328 e. The molecule has 0 saturated carbocycles. The molecule has 0 bridgehead atoms. The van der Waals surface area contributed by atoms with E-state index in [-0.39, 0.29) is 11.9 Å². The number of allylic oxidation sites excluding steroid dienone is 2. The van der Waals surface area contributed by atoms with E-state index in [1.54, 1.807) is 0 Å². The van der Waals surface area contributed by atoms with Crippen molar-refractivity contribution >= 4 is 11.9 Å².